The van der Waals surface area contributed by atoms with Crippen molar-refractivity contribution in [2.45, 2.75) is 51.6 Å². The number of hydrogen-bond acceptors (Lipinski definition) is 4. The molecule has 0 N–H and O–H groups in total. The van der Waals surface area contributed by atoms with Crippen molar-refractivity contribution in [3.05, 3.63) is 57.1 Å². The van der Waals surface area contributed by atoms with Crippen LogP contribution in [0.25, 0.3) is 0 Å². The van der Waals surface area contributed by atoms with E-state index in [1.807, 2.05) is 36.9 Å². The van der Waals surface area contributed by atoms with E-state index in [1.165, 1.54) is 0 Å². The summed E-state index contributed by atoms with van der Waals surface area (Å²) in [4.78, 5) is 27.4. The van der Waals surface area contributed by atoms with E-state index in [2.05, 4.69) is 0 Å². The summed E-state index contributed by atoms with van der Waals surface area (Å²) in [5.74, 6) is 1.55. The molecular weight excluding hydrogens is 449 g/mol. The van der Waals surface area contributed by atoms with E-state index in [-0.39, 0.29) is 11.7 Å². The average Bonchev–Trinajstić information content (AvgIpc) is 2.76. The lowest BCUT2D eigenvalue weighted by Gasteiger charge is -2.44. The molecule has 0 aromatic heterocycles. The molecular formula is C25H27Cl2NO4. The second-order valence-corrected chi connectivity index (χ2v) is 9.49. The number of benzene rings is 2. The van der Waals surface area contributed by atoms with Crippen LogP contribution >= 0.6 is 23.2 Å². The first-order chi connectivity index (χ1) is 15.3. The fraction of sp³-hybridized carbons (Fsp3) is 0.440. The Kier molecular flexibility index (Phi) is 6.68. The molecule has 2 aromatic rings. The summed E-state index contributed by atoms with van der Waals surface area (Å²) in [6, 6.07) is 9.05. The first-order valence-corrected chi connectivity index (χ1v) is 11.7. The molecule has 5 nitrogen and oxygen atoms in total. The van der Waals surface area contributed by atoms with Crippen LogP contribution in [0.5, 0.6) is 11.5 Å². The first-order valence-electron chi connectivity index (χ1n) is 11.0. The van der Waals surface area contributed by atoms with Crippen molar-refractivity contribution in [3.8, 4) is 11.5 Å². The van der Waals surface area contributed by atoms with Gasteiger partial charge in [-0.25, -0.2) is 0 Å². The highest BCUT2D eigenvalue weighted by atomic mass is 35.5. The fourth-order valence-electron chi connectivity index (χ4n) is 4.54. The summed E-state index contributed by atoms with van der Waals surface area (Å²) < 4.78 is 12.0. The van der Waals surface area contributed by atoms with E-state index in [4.69, 9.17) is 32.7 Å². The van der Waals surface area contributed by atoms with Gasteiger partial charge in [-0.3, -0.25) is 9.59 Å². The van der Waals surface area contributed by atoms with Gasteiger partial charge in [-0.05, 0) is 61.7 Å². The van der Waals surface area contributed by atoms with Gasteiger partial charge >= 0.3 is 0 Å². The number of Topliss-reactive ketones (excluding diaryl/α,β-unsaturated/α-hetero) is 1. The Morgan fingerprint density at radius 1 is 1.16 bits per heavy atom. The number of carbonyl (C=O) groups is 2. The van der Waals surface area contributed by atoms with Gasteiger partial charge in [-0.1, -0.05) is 23.2 Å². The number of halogens is 2. The lowest BCUT2D eigenvalue weighted by atomic mass is 9.81. The number of ketones is 1. The SMILES string of the molecule is Cc1cc2c(c(C)c1Cl)C(=O)CC1(CCN(C(=O)CCCOc3ccc(Cl)cc3)CC1)O2. The second kappa shape index (κ2) is 9.32. The van der Waals surface area contributed by atoms with Crippen LogP contribution in [0.3, 0.4) is 0 Å². The Morgan fingerprint density at radius 2 is 1.84 bits per heavy atom. The minimum atomic E-state index is -0.536. The molecule has 4 rings (SSSR count). The molecule has 1 spiro atoms. The van der Waals surface area contributed by atoms with Crippen LogP contribution in [0.15, 0.2) is 30.3 Å². The second-order valence-electron chi connectivity index (χ2n) is 8.68. The Balaban J connectivity index is 1.29. The molecule has 170 valence electrons. The number of likely N-dealkylation sites (tertiary alicyclic amines) is 1. The minimum Gasteiger partial charge on any atom is -0.494 e. The minimum absolute atomic E-state index is 0.0739. The smallest absolute Gasteiger partial charge is 0.222 e. The molecule has 32 heavy (non-hydrogen) atoms. The number of amides is 1. The van der Waals surface area contributed by atoms with E-state index in [9.17, 15) is 9.59 Å². The monoisotopic (exact) mass is 475 g/mol. The number of piperidine rings is 1. The van der Waals surface area contributed by atoms with Crippen LogP contribution in [0, 0.1) is 13.8 Å². The van der Waals surface area contributed by atoms with Crippen molar-refractivity contribution in [1.29, 1.82) is 0 Å². The maximum atomic E-state index is 12.9. The van der Waals surface area contributed by atoms with Gasteiger partial charge in [0.25, 0.3) is 0 Å². The third-order valence-corrected chi connectivity index (χ3v) is 7.21. The van der Waals surface area contributed by atoms with Gasteiger partial charge in [0.05, 0.1) is 18.6 Å². The predicted octanol–water partition coefficient (Wildman–Crippen LogP) is 5.80. The molecule has 0 atom stereocenters. The lowest BCUT2D eigenvalue weighted by molar-refractivity contribution is -0.135. The maximum absolute atomic E-state index is 12.9. The quantitative estimate of drug-likeness (QED) is 0.513. The molecule has 2 aliphatic rings. The summed E-state index contributed by atoms with van der Waals surface area (Å²) >= 11 is 12.2. The van der Waals surface area contributed by atoms with Gasteiger partial charge in [0.2, 0.25) is 5.91 Å². The van der Waals surface area contributed by atoms with E-state index in [0.717, 1.165) is 16.9 Å². The Hall–Kier alpha value is -2.24. The highest BCUT2D eigenvalue weighted by molar-refractivity contribution is 6.32. The Labute approximate surface area is 198 Å². The van der Waals surface area contributed by atoms with Crippen LogP contribution in [-0.2, 0) is 4.79 Å². The molecule has 0 saturated carbocycles. The molecule has 0 aliphatic carbocycles. The van der Waals surface area contributed by atoms with Crippen LogP contribution < -0.4 is 9.47 Å². The fourth-order valence-corrected chi connectivity index (χ4v) is 4.82. The van der Waals surface area contributed by atoms with Crippen molar-refractivity contribution in [2.24, 2.45) is 0 Å². The lowest BCUT2D eigenvalue weighted by Crippen LogP contribution is -2.52. The van der Waals surface area contributed by atoms with E-state index < -0.39 is 5.60 Å². The van der Waals surface area contributed by atoms with Gasteiger partial charge in [-0.15, -0.1) is 0 Å². The van der Waals surface area contributed by atoms with Gasteiger partial charge in [0.1, 0.15) is 17.1 Å². The van der Waals surface area contributed by atoms with E-state index >= 15 is 0 Å². The number of fused-ring (bicyclic) bond motifs is 1. The molecule has 7 heteroatoms. The van der Waals surface area contributed by atoms with Gasteiger partial charge in [0.15, 0.2) is 5.78 Å². The third-order valence-electron chi connectivity index (χ3n) is 6.38. The van der Waals surface area contributed by atoms with Crippen molar-refractivity contribution in [1.82, 2.24) is 4.90 Å². The largest absolute Gasteiger partial charge is 0.494 e. The number of aryl methyl sites for hydroxylation is 1. The van der Waals surface area contributed by atoms with Gasteiger partial charge in [-0.2, -0.15) is 0 Å². The van der Waals surface area contributed by atoms with Crippen LogP contribution in [0.2, 0.25) is 10.0 Å². The Bertz CT molecular complexity index is 1030. The standard InChI is InChI=1S/C25H27Cl2NO4/c1-16-14-21-23(17(2)24(16)27)20(29)15-25(32-21)9-11-28(12-10-25)22(30)4-3-13-31-19-7-5-18(26)6-8-19/h5-8,14H,3-4,9-13,15H2,1-2H3. The summed E-state index contributed by atoms with van der Waals surface area (Å²) in [7, 11) is 0. The first kappa shape index (κ1) is 22.9. The van der Waals surface area contributed by atoms with E-state index in [1.54, 1.807) is 12.1 Å². The number of rotatable bonds is 5. The predicted molar refractivity (Wildman–Crippen MR) is 125 cm³/mol. The third kappa shape index (κ3) is 4.74. The molecule has 2 aliphatic heterocycles. The van der Waals surface area contributed by atoms with Crippen molar-refractivity contribution in [2.75, 3.05) is 19.7 Å². The molecule has 1 amide bonds. The molecule has 2 aromatic carbocycles. The number of nitrogens with zero attached hydrogens (tertiary/aromatic N) is 1. The van der Waals surface area contributed by atoms with Crippen molar-refractivity contribution < 1.29 is 19.1 Å². The zero-order chi connectivity index (χ0) is 22.9. The highest BCUT2D eigenvalue weighted by Gasteiger charge is 2.44. The van der Waals surface area contributed by atoms with Crippen molar-refractivity contribution in [3.63, 3.8) is 0 Å². The summed E-state index contributed by atoms with van der Waals surface area (Å²) in [6.45, 7) is 5.44. The van der Waals surface area contributed by atoms with Crippen LogP contribution in [0.4, 0.5) is 0 Å². The zero-order valence-electron chi connectivity index (χ0n) is 18.4. The van der Waals surface area contributed by atoms with Crippen LogP contribution in [-0.4, -0.2) is 41.9 Å². The zero-order valence-corrected chi connectivity index (χ0v) is 19.9. The molecule has 0 bridgehead atoms. The topological polar surface area (TPSA) is 55.8 Å². The number of hydrogen-bond donors (Lipinski definition) is 0. The molecule has 1 saturated heterocycles. The Morgan fingerprint density at radius 3 is 2.53 bits per heavy atom. The number of ether oxygens (including phenoxy) is 2. The highest BCUT2D eigenvalue weighted by Crippen LogP contribution is 2.43. The molecule has 0 unspecified atom stereocenters. The van der Waals surface area contributed by atoms with Gasteiger partial charge < -0.3 is 14.4 Å². The molecule has 2 heterocycles. The number of carbonyl (C=O) groups excluding carboxylic acids is 2. The van der Waals surface area contributed by atoms with Gasteiger partial charge in [0, 0.05) is 42.4 Å². The average molecular weight is 476 g/mol. The molecule has 0 radical (unpaired) electrons. The summed E-state index contributed by atoms with van der Waals surface area (Å²) in [5, 5.41) is 1.29. The van der Waals surface area contributed by atoms with E-state index in [0.29, 0.717) is 73.2 Å². The molecule has 1 fully saturated rings. The summed E-state index contributed by atoms with van der Waals surface area (Å²) in [6.07, 6.45) is 2.69. The summed E-state index contributed by atoms with van der Waals surface area (Å²) in [5.41, 5.74) is 1.76. The normalized spacial score (nSPS) is 17.1. The van der Waals surface area contributed by atoms with Crippen molar-refractivity contribution >= 4 is 34.9 Å². The maximum Gasteiger partial charge on any atom is 0.222 e. The van der Waals surface area contributed by atoms with Crippen LogP contribution in [0.1, 0.15) is 53.6 Å².